The molecule has 174 valence electrons. The second kappa shape index (κ2) is 9.56. The first kappa shape index (κ1) is 22.7. The van der Waals surface area contributed by atoms with Gasteiger partial charge in [0, 0.05) is 56.5 Å². The van der Waals surface area contributed by atoms with Gasteiger partial charge in [0.1, 0.15) is 11.5 Å². The average Bonchev–Trinajstić information content (AvgIpc) is 2.83. The fourth-order valence-electron chi connectivity index (χ4n) is 4.55. The lowest BCUT2D eigenvalue weighted by molar-refractivity contribution is -0.384. The Morgan fingerprint density at radius 3 is 2.09 bits per heavy atom. The highest BCUT2D eigenvalue weighted by Crippen LogP contribution is 2.32. The van der Waals surface area contributed by atoms with Crippen molar-refractivity contribution < 1.29 is 18.9 Å². The third kappa shape index (κ3) is 4.97. The molecule has 0 bridgehead atoms. The molecule has 0 aromatic heterocycles. The second-order valence-corrected chi connectivity index (χ2v) is 8.75. The van der Waals surface area contributed by atoms with Gasteiger partial charge in [0.2, 0.25) is 0 Å². The zero-order chi connectivity index (χ0) is 23.5. The van der Waals surface area contributed by atoms with Crippen LogP contribution in [-0.2, 0) is 0 Å². The van der Waals surface area contributed by atoms with E-state index in [1.807, 2.05) is 4.90 Å². The van der Waals surface area contributed by atoms with Crippen molar-refractivity contribution in [1.82, 2.24) is 9.80 Å². The number of piperidine rings is 1. The minimum absolute atomic E-state index is 0.0555. The summed E-state index contributed by atoms with van der Waals surface area (Å²) in [5, 5.41) is 11.8. The van der Waals surface area contributed by atoms with Gasteiger partial charge in [0.05, 0.1) is 4.92 Å². The van der Waals surface area contributed by atoms with E-state index in [4.69, 9.17) is 0 Å². The number of nitro benzene ring substituents is 1. The number of halogens is 1. The van der Waals surface area contributed by atoms with Gasteiger partial charge in [-0.25, -0.2) is 4.39 Å². The van der Waals surface area contributed by atoms with Gasteiger partial charge in [0.25, 0.3) is 17.5 Å². The molecule has 2 saturated heterocycles. The normalized spacial score (nSPS) is 18.8. The summed E-state index contributed by atoms with van der Waals surface area (Å²) in [7, 11) is 0. The van der Waals surface area contributed by atoms with E-state index in [1.165, 1.54) is 30.3 Å². The number of rotatable bonds is 4. The highest BCUT2D eigenvalue weighted by molar-refractivity contribution is 5.97. The number of anilines is 1. The summed E-state index contributed by atoms with van der Waals surface area (Å²) in [6.45, 7) is 4.99. The van der Waals surface area contributed by atoms with Crippen LogP contribution in [0.3, 0.4) is 0 Å². The van der Waals surface area contributed by atoms with Crippen molar-refractivity contribution in [3.8, 4) is 0 Å². The minimum Gasteiger partial charge on any atom is -0.366 e. The summed E-state index contributed by atoms with van der Waals surface area (Å²) in [6.07, 6.45) is 2.09. The molecular weight excluding hydrogens is 427 g/mol. The first-order valence-electron chi connectivity index (χ1n) is 11.2. The Bertz CT molecular complexity index is 1050. The number of nitro groups is 1. The number of carbonyl (C=O) groups excluding carboxylic acids is 2. The number of piperazine rings is 1. The van der Waals surface area contributed by atoms with E-state index >= 15 is 0 Å². The van der Waals surface area contributed by atoms with Gasteiger partial charge in [0.15, 0.2) is 0 Å². The largest absolute Gasteiger partial charge is 0.366 e. The molecule has 2 fully saturated rings. The topological polar surface area (TPSA) is 87.0 Å². The van der Waals surface area contributed by atoms with Crippen LogP contribution in [-0.4, -0.2) is 65.8 Å². The average molecular weight is 455 g/mol. The molecule has 2 aromatic carbocycles. The molecule has 33 heavy (non-hydrogen) atoms. The van der Waals surface area contributed by atoms with E-state index in [9.17, 15) is 24.1 Å². The third-order valence-electron chi connectivity index (χ3n) is 6.36. The van der Waals surface area contributed by atoms with Crippen LogP contribution in [0.4, 0.5) is 15.8 Å². The Morgan fingerprint density at radius 1 is 0.939 bits per heavy atom. The summed E-state index contributed by atoms with van der Waals surface area (Å²) in [6, 6.07) is 10.1. The molecule has 9 heteroatoms. The number of nitrogens with zero attached hydrogens (tertiary/aromatic N) is 4. The van der Waals surface area contributed by atoms with Gasteiger partial charge < -0.3 is 14.7 Å². The zero-order valence-corrected chi connectivity index (χ0v) is 18.6. The smallest absolute Gasteiger partial charge is 0.293 e. The molecule has 0 N–H and O–H groups in total. The lowest BCUT2D eigenvalue weighted by atomic mass is 9.99. The standard InChI is InChI=1S/C24H27FN4O4/c1-17-3-2-10-28(16-17)21-9-6-19(15-22(21)29(32)33)24(31)27-13-11-26(12-14-27)23(30)18-4-7-20(25)8-5-18/h4-9,15,17H,2-3,10-14,16H2,1H3. The Morgan fingerprint density at radius 2 is 1.52 bits per heavy atom. The molecule has 1 atom stereocenters. The minimum atomic E-state index is -0.426. The van der Waals surface area contributed by atoms with E-state index in [-0.39, 0.29) is 23.1 Å². The number of amides is 2. The zero-order valence-electron chi connectivity index (χ0n) is 18.6. The van der Waals surface area contributed by atoms with Crippen molar-refractivity contribution in [2.45, 2.75) is 19.8 Å². The molecular formula is C24H27FN4O4. The molecule has 0 spiro atoms. The lowest BCUT2D eigenvalue weighted by Crippen LogP contribution is -2.50. The van der Waals surface area contributed by atoms with Crippen molar-refractivity contribution in [2.75, 3.05) is 44.2 Å². The van der Waals surface area contributed by atoms with Crippen LogP contribution >= 0.6 is 0 Å². The van der Waals surface area contributed by atoms with Crippen molar-refractivity contribution >= 4 is 23.2 Å². The van der Waals surface area contributed by atoms with E-state index in [1.54, 1.807) is 21.9 Å². The van der Waals surface area contributed by atoms with Crippen LogP contribution in [0.2, 0.25) is 0 Å². The molecule has 2 heterocycles. The number of hydrogen-bond donors (Lipinski definition) is 0. The highest BCUT2D eigenvalue weighted by Gasteiger charge is 2.29. The first-order valence-corrected chi connectivity index (χ1v) is 11.2. The van der Waals surface area contributed by atoms with Crippen molar-refractivity contribution in [3.63, 3.8) is 0 Å². The Balaban J connectivity index is 1.44. The SMILES string of the molecule is CC1CCCN(c2ccc(C(=O)N3CCN(C(=O)c4ccc(F)cc4)CC3)cc2[N+](=O)[O-])C1. The van der Waals surface area contributed by atoms with E-state index in [0.717, 1.165) is 25.9 Å². The van der Waals surface area contributed by atoms with Gasteiger partial charge in [-0.15, -0.1) is 0 Å². The van der Waals surface area contributed by atoms with Crippen LogP contribution in [0, 0.1) is 21.8 Å². The second-order valence-electron chi connectivity index (χ2n) is 8.75. The molecule has 4 rings (SSSR count). The van der Waals surface area contributed by atoms with Crippen LogP contribution in [0.5, 0.6) is 0 Å². The summed E-state index contributed by atoms with van der Waals surface area (Å²) in [5.41, 5.74) is 1.17. The van der Waals surface area contributed by atoms with Crippen LogP contribution in [0.15, 0.2) is 42.5 Å². The summed E-state index contributed by atoms with van der Waals surface area (Å²) in [4.78, 5) is 42.2. The maximum Gasteiger partial charge on any atom is 0.293 e. The summed E-state index contributed by atoms with van der Waals surface area (Å²) >= 11 is 0. The van der Waals surface area contributed by atoms with Gasteiger partial charge in [-0.05, 0) is 55.2 Å². The molecule has 2 amide bonds. The Hall–Kier alpha value is -3.49. The predicted octanol–water partition coefficient (Wildman–Crippen LogP) is 3.57. The van der Waals surface area contributed by atoms with Crippen LogP contribution in [0.25, 0.3) is 0 Å². The lowest BCUT2D eigenvalue weighted by Gasteiger charge is -2.35. The quantitative estimate of drug-likeness (QED) is 0.521. The van der Waals surface area contributed by atoms with Gasteiger partial charge in [-0.1, -0.05) is 6.92 Å². The van der Waals surface area contributed by atoms with Crippen LogP contribution in [0.1, 0.15) is 40.5 Å². The van der Waals surface area contributed by atoms with Crippen LogP contribution < -0.4 is 4.90 Å². The fourth-order valence-corrected chi connectivity index (χ4v) is 4.55. The van der Waals surface area contributed by atoms with Gasteiger partial charge >= 0.3 is 0 Å². The molecule has 8 nitrogen and oxygen atoms in total. The molecule has 0 saturated carbocycles. The van der Waals surface area contributed by atoms with E-state index < -0.39 is 10.7 Å². The predicted molar refractivity (Wildman–Crippen MR) is 122 cm³/mol. The highest BCUT2D eigenvalue weighted by atomic mass is 19.1. The third-order valence-corrected chi connectivity index (χ3v) is 6.36. The molecule has 2 aliphatic rings. The molecule has 2 aromatic rings. The first-order chi connectivity index (χ1) is 15.8. The fraction of sp³-hybridized carbons (Fsp3) is 0.417. The number of hydrogen-bond acceptors (Lipinski definition) is 5. The number of carbonyl (C=O) groups is 2. The van der Waals surface area contributed by atoms with E-state index in [0.29, 0.717) is 43.3 Å². The Labute approximate surface area is 191 Å². The van der Waals surface area contributed by atoms with Crippen molar-refractivity contribution in [2.24, 2.45) is 5.92 Å². The Kier molecular flexibility index (Phi) is 6.57. The van der Waals surface area contributed by atoms with Crippen molar-refractivity contribution in [3.05, 3.63) is 69.5 Å². The molecule has 1 unspecified atom stereocenters. The monoisotopic (exact) mass is 454 g/mol. The van der Waals surface area contributed by atoms with Gasteiger partial charge in [-0.2, -0.15) is 0 Å². The van der Waals surface area contributed by atoms with Gasteiger partial charge in [-0.3, -0.25) is 19.7 Å². The molecule has 0 aliphatic carbocycles. The van der Waals surface area contributed by atoms with E-state index in [2.05, 4.69) is 6.92 Å². The summed E-state index contributed by atoms with van der Waals surface area (Å²) < 4.78 is 13.1. The molecule has 0 radical (unpaired) electrons. The maximum absolute atomic E-state index is 13.1. The maximum atomic E-state index is 13.1. The summed E-state index contributed by atoms with van der Waals surface area (Å²) in [5.74, 6) is -0.436. The van der Waals surface area contributed by atoms with Crippen molar-refractivity contribution in [1.29, 1.82) is 0 Å². The molecule has 2 aliphatic heterocycles. The number of benzene rings is 2.